The van der Waals surface area contributed by atoms with Crippen LogP contribution in [0.1, 0.15) is 112 Å². The molecule has 4 heteroatoms. The number of unbranched alkanes of at least 4 members (excludes halogenated alkanes) is 1. The molecule has 198 valence electrons. The van der Waals surface area contributed by atoms with Gasteiger partial charge in [-0.2, -0.15) is 0 Å². The van der Waals surface area contributed by atoms with E-state index in [1.54, 1.807) is 6.92 Å². The number of carbonyl (C=O) groups is 1. The normalized spacial score (nSPS) is 51.3. The van der Waals surface area contributed by atoms with Crippen molar-refractivity contribution in [2.75, 3.05) is 13.1 Å². The Hall–Kier alpha value is -0.610. The van der Waals surface area contributed by atoms with E-state index in [0.717, 1.165) is 50.6 Å². The van der Waals surface area contributed by atoms with Gasteiger partial charge in [-0.15, -0.1) is 0 Å². The van der Waals surface area contributed by atoms with Gasteiger partial charge < -0.3 is 14.7 Å². The number of ether oxygens (including phenoxy) is 1. The Kier molecular flexibility index (Phi) is 5.78. The second kappa shape index (κ2) is 8.19. The lowest BCUT2D eigenvalue weighted by Gasteiger charge is -2.59. The van der Waals surface area contributed by atoms with E-state index in [1.807, 2.05) is 4.90 Å². The number of hydrogen-bond donors (Lipinski definition) is 1. The largest absolute Gasteiger partial charge is 0.393 e. The quantitative estimate of drug-likeness (QED) is 0.504. The lowest BCUT2D eigenvalue weighted by atomic mass is 9.46. The molecular formula is C31H51NO3. The number of aliphatic hydroxyl groups excluding tert-OH is 1. The van der Waals surface area contributed by atoms with Gasteiger partial charge in [-0.05, 0) is 116 Å². The number of carbonyl (C=O) groups excluding carboxylic acids is 1. The van der Waals surface area contributed by atoms with Crippen LogP contribution in [0.3, 0.4) is 0 Å². The summed E-state index contributed by atoms with van der Waals surface area (Å²) >= 11 is 0. The van der Waals surface area contributed by atoms with E-state index in [0.29, 0.717) is 34.2 Å². The van der Waals surface area contributed by atoms with Gasteiger partial charge >= 0.3 is 0 Å². The number of rotatable bonds is 5. The smallest absolute Gasteiger partial charge is 0.219 e. The average Bonchev–Trinajstić information content (AvgIpc) is 3.39. The third-order valence-electron chi connectivity index (χ3n) is 13.3. The Morgan fingerprint density at radius 3 is 2.49 bits per heavy atom. The fourth-order valence-corrected chi connectivity index (χ4v) is 11.4. The highest BCUT2D eigenvalue weighted by atomic mass is 16.5. The summed E-state index contributed by atoms with van der Waals surface area (Å²) in [7, 11) is 0. The van der Waals surface area contributed by atoms with Gasteiger partial charge in [-0.3, -0.25) is 4.79 Å². The maximum atomic E-state index is 12.2. The molecule has 6 aliphatic rings. The van der Waals surface area contributed by atoms with Gasteiger partial charge in [0.15, 0.2) is 0 Å². The van der Waals surface area contributed by atoms with Crippen molar-refractivity contribution in [3.8, 4) is 0 Å². The molecule has 35 heavy (non-hydrogen) atoms. The molecule has 1 saturated heterocycles. The van der Waals surface area contributed by atoms with Gasteiger partial charge in [0.25, 0.3) is 0 Å². The molecule has 1 N–H and O–H groups in total. The van der Waals surface area contributed by atoms with Crippen molar-refractivity contribution in [1.82, 2.24) is 4.90 Å². The molecule has 0 bridgehead atoms. The van der Waals surface area contributed by atoms with Crippen molar-refractivity contribution in [2.24, 2.45) is 45.3 Å². The first kappa shape index (κ1) is 24.7. The second-order valence-corrected chi connectivity index (χ2v) is 14.7. The van der Waals surface area contributed by atoms with Crippen LogP contribution in [0.5, 0.6) is 0 Å². The molecule has 0 aromatic rings. The minimum Gasteiger partial charge on any atom is -0.393 e. The van der Waals surface area contributed by atoms with Crippen LogP contribution < -0.4 is 0 Å². The van der Waals surface area contributed by atoms with Gasteiger partial charge in [-0.1, -0.05) is 34.1 Å². The highest BCUT2D eigenvalue weighted by molar-refractivity contribution is 5.73. The van der Waals surface area contributed by atoms with E-state index >= 15 is 0 Å². The predicted octanol–water partition coefficient (Wildman–Crippen LogP) is 6.20. The number of fused-ring (bicyclic) bond motifs is 4. The Bertz CT molecular complexity index is 856. The summed E-state index contributed by atoms with van der Waals surface area (Å²) in [4.78, 5) is 14.3. The van der Waals surface area contributed by atoms with Gasteiger partial charge in [0.2, 0.25) is 5.91 Å². The number of amides is 1. The van der Waals surface area contributed by atoms with Crippen LogP contribution >= 0.6 is 0 Å². The molecule has 8 unspecified atom stereocenters. The molecule has 0 radical (unpaired) electrons. The molecule has 4 nitrogen and oxygen atoms in total. The highest BCUT2D eigenvalue weighted by Gasteiger charge is 2.80. The summed E-state index contributed by atoms with van der Waals surface area (Å²) in [5, 5.41) is 10.9. The number of aliphatic hydroxyl groups is 1. The van der Waals surface area contributed by atoms with Crippen molar-refractivity contribution >= 4 is 5.91 Å². The van der Waals surface area contributed by atoms with E-state index in [2.05, 4.69) is 27.7 Å². The van der Waals surface area contributed by atoms with Crippen molar-refractivity contribution in [3.63, 3.8) is 0 Å². The lowest BCUT2D eigenvalue weighted by Crippen LogP contribution is -2.54. The number of nitrogens with zero attached hydrogens (tertiary/aromatic N) is 1. The van der Waals surface area contributed by atoms with Crippen molar-refractivity contribution in [1.29, 1.82) is 0 Å². The first-order valence-corrected chi connectivity index (χ1v) is 15.2. The fraction of sp³-hybridized carbons (Fsp3) is 0.968. The van der Waals surface area contributed by atoms with Crippen LogP contribution in [0.15, 0.2) is 0 Å². The van der Waals surface area contributed by atoms with Crippen LogP contribution in [0.2, 0.25) is 0 Å². The standard InChI is InChI=1S/C31H51NO3/c1-6-7-16-32(20(2)33)18-21-8-9-23-25(35-21)17-24-22-10-11-26-28(3,4)27(34)12-13-31(26)19-30(22,31)15-14-29(23,24)5/h21-27,34H,6-19H2,1-5H3/t21?,22?,23?,24?,25?,26?,27-,29?,30-,31?/m0/s1. The molecule has 6 fully saturated rings. The molecular weight excluding hydrogens is 434 g/mol. The van der Waals surface area contributed by atoms with E-state index in [4.69, 9.17) is 4.74 Å². The van der Waals surface area contributed by atoms with Crippen LogP contribution in [-0.4, -0.2) is 47.3 Å². The molecule has 10 atom stereocenters. The molecule has 0 aromatic heterocycles. The minimum absolute atomic E-state index is 0.0772. The summed E-state index contributed by atoms with van der Waals surface area (Å²) in [5.41, 5.74) is 1.61. The van der Waals surface area contributed by atoms with E-state index in [1.165, 1.54) is 51.4 Å². The molecule has 5 aliphatic carbocycles. The second-order valence-electron chi connectivity index (χ2n) is 14.7. The van der Waals surface area contributed by atoms with Gasteiger partial charge in [0, 0.05) is 20.0 Å². The van der Waals surface area contributed by atoms with Crippen LogP contribution in [0, 0.1) is 45.3 Å². The van der Waals surface area contributed by atoms with Crippen molar-refractivity contribution < 1.29 is 14.6 Å². The molecule has 2 spiro atoms. The lowest BCUT2D eigenvalue weighted by molar-refractivity contribution is -0.139. The fourth-order valence-electron chi connectivity index (χ4n) is 11.4. The SMILES string of the molecule is CCCCN(CC1CCC2C(CC3C4CCC5C(C)(C)[C@@H](O)CCC56C[C@@]46CCC23C)O1)C(C)=O. The van der Waals surface area contributed by atoms with Crippen LogP contribution in [0.25, 0.3) is 0 Å². The molecule has 6 rings (SSSR count). The van der Waals surface area contributed by atoms with Crippen molar-refractivity contribution in [3.05, 3.63) is 0 Å². The molecule has 1 aliphatic heterocycles. The molecule has 1 amide bonds. The maximum Gasteiger partial charge on any atom is 0.219 e. The van der Waals surface area contributed by atoms with E-state index in [9.17, 15) is 9.90 Å². The van der Waals surface area contributed by atoms with E-state index < -0.39 is 0 Å². The van der Waals surface area contributed by atoms with Gasteiger partial charge in [0.05, 0.1) is 18.3 Å². The third-order valence-corrected chi connectivity index (χ3v) is 13.3. The van der Waals surface area contributed by atoms with Gasteiger partial charge in [-0.25, -0.2) is 0 Å². The highest BCUT2D eigenvalue weighted by Crippen LogP contribution is 2.87. The predicted molar refractivity (Wildman–Crippen MR) is 139 cm³/mol. The molecule has 5 saturated carbocycles. The minimum atomic E-state index is -0.118. The zero-order valence-electron chi connectivity index (χ0n) is 23.2. The van der Waals surface area contributed by atoms with Crippen molar-refractivity contribution in [2.45, 2.75) is 130 Å². The Balaban J connectivity index is 1.19. The first-order valence-electron chi connectivity index (χ1n) is 15.2. The number of hydrogen-bond acceptors (Lipinski definition) is 3. The summed E-state index contributed by atoms with van der Waals surface area (Å²) in [5.74, 6) is 3.30. The summed E-state index contributed by atoms with van der Waals surface area (Å²) < 4.78 is 6.88. The molecule has 1 heterocycles. The van der Waals surface area contributed by atoms with E-state index in [-0.39, 0.29) is 23.5 Å². The summed E-state index contributed by atoms with van der Waals surface area (Å²) in [6.07, 6.45) is 15.6. The van der Waals surface area contributed by atoms with Gasteiger partial charge in [0.1, 0.15) is 0 Å². The van der Waals surface area contributed by atoms with Crippen LogP contribution in [-0.2, 0) is 9.53 Å². The Labute approximate surface area is 213 Å². The first-order chi connectivity index (χ1) is 16.6. The maximum absolute atomic E-state index is 12.2. The third kappa shape index (κ3) is 3.33. The summed E-state index contributed by atoms with van der Waals surface area (Å²) in [6, 6.07) is 0. The topological polar surface area (TPSA) is 49.8 Å². The average molecular weight is 486 g/mol. The zero-order chi connectivity index (χ0) is 24.8. The molecule has 0 aromatic carbocycles. The Morgan fingerprint density at radius 1 is 0.971 bits per heavy atom. The van der Waals surface area contributed by atoms with Crippen LogP contribution in [0.4, 0.5) is 0 Å². The Morgan fingerprint density at radius 2 is 1.74 bits per heavy atom. The monoisotopic (exact) mass is 485 g/mol. The summed E-state index contributed by atoms with van der Waals surface area (Å²) in [6.45, 7) is 12.9. The zero-order valence-corrected chi connectivity index (χ0v) is 23.2.